The van der Waals surface area contributed by atoms with Crippen molar-refractivity contribution in [3.05, 3.63) is 0 Å². The van der Waals surface area contributed by atoms with Crippen molar-refractivity contribution in [1.29, 1.82) is 0 Å². The summed E-state index contributed by atoms with van der Waals surface area (Å²) in [6.07, 6.45) is 6.71. The van der Waals surface area contributed by atoms with Gasteiger partial charge in [0.2, 0.25) is 0 Å². The predicted molar refractivity (Wildman–Crippen MR) is 46.5 cm³/mol. The van der Waals surface area contributed by atoms with Gasteiger partial charge in [-0.25, -0.2) is 0 Å². The van der Waals surface area contributed by atoms with Crippen LogP contribution in [0.4, 0.5) is 0 Å². The molecule has 0 aromatic rings. The molecule has 1 aliphatic carbocycles. The number of hydrogen-bond acceptors (Lipinski definition) is 2. The third kappa shape index (κ3) is 3.73. The zero-order valence-corrected chi connectivity index (χ0v) is 7.38. The molecule has 0 spiro atoms. The molecule has 1 aliphatic rings. The maximum Gasteiger partial charge on any atom is 0.0575 e. The van der Waals surface area contributed by atoms with Gasteiger partial charge in [0.25, 0.3) is 0 Å². The summed E-state index contributed by atoms with van der Waals surface area (Å²) in [5.74, 6) is 0. The van der Waals surface area contributed by atoms with Gasteiger partial charge in [-0.05, 0) is 39.0 Å². The molecule has 1 rings (SSSR count). The highest BCUT2D eigenvalue weighted by Crippen LogP contribution is 2.21. The van der Waals surface area contributed by atoms with Crippen molar-refractivity contribution in [3.8, 4) is 0 Å². The van der Waals surface area contributed by atoms with Crippen molar-refractivity contribution < 1.29 is 4.74 Å². The average Bonchev–Trinajstić information content (AvgIpc) is 1.82. The van der Waals surface area contributed by atoms with Gasteiger partial charge in [0, 0.05) is 12.6 Å². The lowest BCUT2D eigenvalue weighted by Crippen LogP contribution is -2.23. The topological polar surface area (TPSA) is 35.2 Å². The van der Waals surface area contributed by atoms with E-state index in [9.17, 15) is 0 Å². The van der Waals surface area contributed by atoms with E-state index in [-0.39, 0.29) is 0 Å². The summed E-state index contributed by atoms with van der Waals surface area (Å²) in [4.78, 5) is 0. The molecule has 0 bridgehead atoms. The van der Waals surface area contributed by atoms with Crippen LogP contribution in [0.1, 0.15) is 39.0 Å². The summed E-state index contributed by atoms with van der Waals surface area (Å²) in [6.45, 7) is 2.95. The number of ether oxygens (including phenoxy) is 1. The Morgan fingerprint density at radius 1 is 1.55 bits per heavy atom. The molecule has 1 unspecified atom stereocenters. The largest absolute Gasteiger partial charge is 0.378 e. The van der Waals surface area contributed by atoms with E-state index in [0.29, 0.717) is 12.1 Å². The Bertz CT molecular complexity index is 99.7. The molecule has 0 aliphatic heterocycles. The molecule has 0 amide bonds. The lowest BCUT2D eigenvalue weighted by atomic mass is 9.96. The van der Waals surface area contributed by atoms with Crippen molar-refractivity contribution in [3.63, 3.8) is 0 Å². The molecule has 0 heterocycles. The summed E-state index contributed by atoms with van der Waals surface area (Å²) >= 11 is 0. The Labute approximate surface area is 69.1 Å². The first kappa shape index (κ1) is 9.01. The first-order chi connectivity index (χ1) is 5.29. The Morgan fingerprint density at radius 2 is 2.27 bits per heavy atom. The Morgan fingerprint density at radius 3 is 2.73 bits per heavy atom. The molecule has 1 atom stereocenters. The SMILES string of the molecule is CC(N)CCCOC1CCC1. The lowest BCUT2D eigenvalue weighted by molar-refractivity contribution is 0.000418. The van der Waals surface area contributed by atoms with E-state index in [1.54, 1.807) is 0 Å². The molecule has 2 nitrogen and oxygen atoms in total. The Hall–Kier alpha value is -0.0800. The van der Waals surface area contributed by atoms with Crippen LogP contribution in [0.5, 0.6) is 0 Å². The summed E-state index contributed by atoms with van der Waals surface area (Å²) in [6, 6.07) is 0.333. The minimum Gasteiger partial charge on any atom is -0.378 e. The number of nitrogens with two attached hydrogens (primary N) is 1. The van der Waals surface area contributed by atoms with E-state index >= 15 is 0 Å². The Balaban J connectivity index is 1.80. The first-order valence-electron chi connectivity index (χ1n) is 4.66. The molecule has 0 aromatic carbocycles. The van der Waals surface area contributed by atoms with Gasteiger partial charge in [-0.2, -0.15) is 0 Å². The normalized spacial score (nSPS) is 21.3. The minimum atomic E-state index is 0.333. The number of hydrogen-bond donors (Lipinski definition) is 1. The highest BCUT2D eigenvalue weighted by molar-refractivity contribution is 4.68. The van der Waals surface area contributed by atoms with E-state index in [2.05, 4.69) is 0 Å². The molecular formula is C9H19NO. The molecule has 1 saturated carbocycles. The maximum absolute atomic E-state index is 5.60. The van der Waals surface area contributed by atoms with Gasteiger partial charge in [-0.15, -0.1) is 0 Å². The second-order valence-corrected chi connectivity index (χ2v) is 3.54. The fourth-order valence-electron chi connectivity index (χ4n) is 1.19. The zero-order valence-electron chi connectivity index (χ0n) is 7.38. The molecule has 2 heteroatoms. The van der Waals surface area contributed by atoms with Crippen molar-refractivity contribution in [2.24, 2.45) is 5.73 Å². The molecule has 66 valence electrons. The Kier molecular flexibility index (Phi) is 3.87. The average molecular weight is 157 g/mol. The molecule has 0 radical (unpaired) electrons. The van der Waals surface area contributed by atoms with Crippen LogP contribution in [-0.4, -0.2) is 18.8 Å². The van der Waals surface area contributed by atoms with E-state index in [4.69, 9.17) is 10.5 Å². The van der Waals surface area contributed by atoms with Crippen molar-refractivity contribution in [2.75, 3.05) is 6.61 Å². The van der Waals surface area contributed by atoms with Gasteiger partial charge in [0.1, 0.15) is 0 Å². The van der Waals surface area contributed by atoms with Crippen molar-refractivity contribution >= 4 is 0 Å². The third-order valence-electron chi connectivity index (χ3n) is 2.21. The fourth-order valence-corrected chi connectivity index (χ4v) is 1.19. The summed E-state index contributed by atoms with van der Waals surface area (Å²) in [7, 11) is 0. The van der Waals surface area contributed by atoms with Crippen LogP contribution >= 0.6 is 0 Å². The number of rotatable bonds is 5. The van der Waals surface area contributed by atoms with Gasteiger partial charge >= 0.3 is 0 Å². The van der Waals surface area contributed by atoms with Crippen LogP contribution in [0.25, 0.3) is 0 Å². The molecule has 1 fully saturated rings. The van der Waals surface area contributed by atoms with E-state index in [1.807, 2.05) is 6.92 Å². The summed E-state index contributed by atoms with van der Waals surface area (Å²) in [5.41, 5.74) is 5.60. The smallest absolute Gasteiger partial charge is 0.0575 e. The second kappa shape index (κ2) is 4.73. The highest BCUT2D eigenvalue weighted by atomic mass is 16.5. The van der Waals surface area contributed by atoms with Crippen LogP contribution in [0.3, 0.4) is 0 Å². The zero-order chi connectivity index (χ0) is 8.10. The van der Waals surface area contributed by atoms with Gasteiger partial charge < -0.3 is 10.5 Å². The molecular weight excluding hydrogens is 138 g/mol. The molecule has 0 saturated heterocycles. The van der Waals surface area contributed by atoms with E-state index in [1.165, 1.54) is 19.3 Å². The first-order valence-corrected chi connectivity index (χ1v) is 4.66. The summed E-state index contributed by atoms with van der Waals surface area (Å²) in [5, 5.41) is 0. The van der Waals surface area contributed by atoms with Crippen molar-refractivity contribution in [1.82, 2.24) is 0 Å². The second-order valence-electron chi connectivity index (χ2n) is 3.54. The molecule has 11 heavy (non-hydrogen) atoms. The third-order valence-corrected chi connectivity index (χ3v) is 2.21. The van der Waals surface area contributed by atoms with Crippen LogP contribution in [0.2, 0.25) is 0 Å². The predicted octanol–water partition coefficient (Wildman–Crippen LogP) is 1.68. The van der Waals surface area contributed by atoms with Crippen LogP contribution < -0.4 is 5.73 Å². The van der Waals surface area contributed by atoms with Gasteiger partial charge in [-0.3, -0.25) is 0 Å². The van der Waals surface area contributed by atoms with Crippen LogP contribution in [-0.2, 0) is 4.74 Å². The standard InChI is InChI=1S/C9H19NO/c1-8(10)4-3-7-11-9-5-2-6-9/h8-9H,2-7,10H2,1H3. The minimum absolute atomic E-state index is 0.333. The van der Waals surface area contributed by atoms with Gasteiger partial charge in [0.15, 0.2) is 0 Å². The monoisotopic (exact) mass is 157 g/mol. The van der Waals surface area contributed by atoms with Crippen LogP contribution in [0.15, 0.2) is 0 Å². The quantitative estimate of drug-likeness (QED) is 0.616. The molecule has 0 aromatic heterocycles. The summed E-state index contributed by atoms with van der Waals surface area (Å²) < 4.78 is 5.57. The van der Waals surface area contributed by atoms with Gasteiger partial charge in [-0.1, -0.05) is 0 Å². The highest BCUT2D eigenvalue weighted by Gasteiger charge is 2.16. The van der Waals surface area contributed by atoms with Gasteiger partial charge in [0.05, 0.1) is 6.10 Å². The fraction of sp³-hybridized carbons (Fsp3) is 1.00. The maximum atomic E-state index is 5.60. The van der Waals surface area contributed by atoms with E-state index in [0.717, 1.165) is 19.4 Å². The van der Waals surface area contributed by atoms with Crippen molar-refractivity contribution in [2.45, 2.75) is 51.2 Å². The van der Waals surface area contributed by atoms with E-state index < -0.39 is 0 Å². The molecule has 2 N–H and O–H groups in total. The lowest BCUT2D eigenvalue weighted by Gasteiger charge is -2.25. The van der Waals surface area contributed by atoms with Crippen LogP contribution in [0, 0.1) is 0 Å².